The highest BCUT2D eigenvalue weighted by atomic mass is 16.6. The molecule has 1 saturated heterocycles. The molecule has 0 unspecified atom stereocenters. The van der Waals surface area contributed by atoms with Crippen LogP contribution in [-0.2, 0) is 6.42 Å². The van der Waals surface area contributed by atoms with Gasteiger partial charge in [0.1, 0.15) is 5.69 Å². The molecule has 0 saturated carbocycles. The van der Waals surface area contributed by atoms with Gasteiger partial charge in [-0.1, -0.05) is 24.3 Å². The Morgan fingerprint density at radius 2 is 1.88 bits per heavy atom. The van der Waals surface area contributed by atoms with E-state index >= 15 is 0 Å². The van der Waals surface area contributed by atoms with Crippen LogP contribution in [0, 0.1) is 10.1 Å². The molecule has 1 N–H and O–H groups in total. The number of nitrogens with one attached hydrogen (secondary N) is 1. The Kier molecular flexibility index (Phi) is 6.20. The van der Waals surface area contributed by atoms with Crippen molar-refractivity contribution in [2.24, 2.45) is 0 Å². The van der Waals surface area contributed by atoms with Gasteiger partial charge >= 0.3 is 0 Å². The predicted octanol–water partition coefficient (Wildman–Crippen LogP) is 4.85. The van der Waals surface area contributed by atoms with Gasteiger partial charge in [-0.2, -0.15) is 0 Å². The number of carbonyl (C=O) groups is 1. The number of rotatable bonds is 5. The molecule has 0 bridgehead atoms. The largest absolute Gasteiger partial charge is 0.372 e. The molecule has 1 aromatic heterocycles. The van der Waals surface area contributed by atoms with E-state index in [0.29, 0.717) is 5.56 Å². The van der Waals surface area contributed by atoms with E-state index in [4.69, 9.17) is 0 Å². The van der Waals surface area contributed by atoms with Gasteiger partial charge in [-0.3, -0.25) is 14.9 Å². The summed E-state index contributed by atoms with van der Waals surface area (Å²) in [5.41, 5.74) is 3.77. The molecule has 1 aliphatic heterocycles. The number of hydrogen-bond acceptors (Lipinski definition) is 6. The number of nitro groups is 1. The molecule has 1 atom stereocenters. The molecular formula is C26H27N5O3. The normalized spacial score (nSPS) is 17.6. The third-order valence-electron chi connectivity index (χ3n) is 6.70. The maximum absolute atomic E-state index is 13.1. The highest BCUT2D eigenvalue weighted by Crippen LogP contribution is 2.33. The first-order valence-corrected chi connectivity index (χ1v) is 11.9. The van der Waals surface area contributed by atoms with E-state index in [1.54, 1.807) is 18.2 Å². The molecule has 8 nitrogen and oxygen atoms in total. The Bertz CT molecular complexity index is 1220. The van der Waals surface area contributed by atoms with E-state index in [2.05, 4.69) is 32.3 Å². The summed E-state index contributed by atoms with van der Waals surface area (Å²) in [7, 11) is 0. The number of piperidine rings is 1. The fraction of sp³-hybridized carbons (Fsp3) is 0.346. The van der Waals surface area contributed by atoms with Crippen molar-refractivity contribution in [3.8, 4) is 11.4 Å². The van der Waals surface area contributed by atoms with Crippen molar-refractivity contribution < 1.29 is 9.72 Å². The van der Waals surface area contributed by atoms with Gasteiger partial charge in [0.15, 0.2) is 5.82 Å². The quantitative estimate of drug-likeness (QED) is 0.434. The summed E-state index contributed by atoms with van der Waals surface area (Å²) in [6, 6.07) is 14.7. The van der Waals surface area contributed by atoms with Crippen molar-refractivity contribution in [2.45, 2.75) is 44.6 Å². The fourth-order valence-corrected chi connectivity index (χ4v) is 4.96. The molecule has 1 aliphatic carbocycles. The summed E-state index contributed by atoms with van der Waals surface area (Å²) < 4.78 is 0. The van der Waals surface area contributed by atoms with Crippen LogP contribution in [0.5, 0.6) is 0 Å². The second kappa shape index (κ2) is 9.59. The lowest BCUT2D eigenvalue weighted by molar-refractivity contribution is -0.384. The maximum atomic E-state index is 13.1. The van der Waals surface area contributed by atoms with Crippen molar-refractivity contribution in [1.29, 1.82) is 0 Å². The number of nitrogens with zero attached hydrogens (tertiary/aromatic N) is 4. The second-order valence-corrected chi connectivity index (χ2v) is 8.89. The summed E-state index contributed by atoms with van der Waals surface area (Å²) in [5, 5.41) is 14.8. The number of benzene rings is 2. The van der Waals surface area contributed by atoms with Gasteiger partial charge in [0.25, 0.3) is 11.6 Å². The summed E-state index contributed by atoms with van der Waals surface area (Å²) in [6.45, 7) is 1.84. The van der Waals surface area contributed by atoms with Crippen molar-refractivity contribution in [1.82, 2.24) is 15.3 Å². The van der Waals surface area contributed by atoms with E-state index < -0.39 is 4.92 Å². The predicted molar refractivity (Wildman–Crippen MR) is 130 cm³/mol. The molecule has 2 aliphatic rings. The minimum absolute atomic E-state index is 0.0699. The minimum Gasteiger partial charge on any atom is -0.372 e. The summed E-state index contributed by atoms with van der Waals surface area (Å²) >= 11 is 0. The third kappa shape index (κ3) is 4.48. The van der Waals surface area contributed by atoms with Crippen LogP contribution < -0.4 is 10.2 Å². The molecule has 1 fully saturated rings. The number of aromatic nitrogens is 2. The standard InChI is InChI=1S/C26H27N5O3/c32-26(29-22-10-6-8-18-7-2-3-9-20(18)22)23-13-14-27-25(28-23)21-17-19(11-12-24(21)31(33)34)30-15-4-1-5-16-30/h2-3,7,9,11-14,17,22H,1,4-6,8,10,15-16H2,(H,29,32)/t22-/m0/s1. The van der Waals surface area contributed by atoms with Crippen LogP contribution in [0.1, 0.15) is 59.8 Å². The number of anilines is 1. The first-order chi connectivity index (χ1) is 16.6. The monoisotopic (exact) mass is 457 g/mol. The van der Waals surface area contributed by atoms with Gasteiger partial charge in [-0.15, -0.1) is 0 Å². The Hall–Kier alpha value is -3.81. The Balaban J connectivity index is 1.44. The number of amides is 1. The third-order valence-corrected chi connectivity index (χ3v) is 6.70. The maximum Gasteiger partial charge on any atom is 0.280 e. The molecule has 174 valence electrons. The molecule has 2 aromatic carbocycles. The minimum atomic E-state index is -0.426. The first-order valence-electron chi connectivity index (χ1n) is 11.9. The van der Waals surface area contributed by atoms with Crippen molar-refractivity contribution in [2.75, 3.05) is 18.0 Å². The Morgan fingerprint density at radius 1 is 1.06 bits per heavy atom. The lowest BCUT2D eigenvalue weighted by Crippen LogP contribution is -2.31. The van der Waals surface area contributed by atoms with Gasteiger partial charge in [-0.25, -0.2) is 9.97 Å². The van der Waals surface area contributed by atoms with Crippen LogP contribution in [0.3, 0.4) is 0 Å². The number of hydrogen-bond donors (Lipinski definition) is 1. The molecule has 0 spiro atoms. The topological polar surface area (TPSA) is 101 Å². The van der Waals surface area contributed by atoms with Crippen LogP contribution in [0.15, 0.2) is 54.7 Å². The Labute approximate surface area is 198 Å². The fourth-order valence-electron chi connectivity index (χ4n) is 4.96. The summed E-state index contributed by atoms with van der Waals surface area (Å²) in [4.78, 5) is 35.4. The van der Waals surface area contributed by atoms with Crippen molar-refractivity contribution >= 4 is 17.3 Å². The molecule has 34 heavy (non-hydrogen) atoms. The van der Waals surface area contributed by atoms with Crippen LogP contribution in [0.2, 0.25) is 0 Å². The van der Waals surface area contributed by atoms with Crippen molar-refractivity contribution in [3.63, 3.8) is 0 Å². The molecule has 5 rings (SSSR count). The number of carbonyl (C=O) groups excluding carboxylic acids is 1. The average molecular weight is 458 g/mol. The van der Waals surface area contributed by atoms with E-state index in [9.17, 15) is 14.9 Å². The van der Waals surface area contributed by atoms with Gasteiger partial charge in [-0.05, 0) is 67.9 Å². The zero-order valence-electron chi connectivity index (χ0n) is 18.9. The SMILES string of the molecule is O=C(N[C@H]1CCCc2ccccc21)c1ccnc(-c2cc(N3CCCCC3)ccc2[N+](=O)[O-])n1. The molecule has 1 amide bonds. The van der Waals surface area contributed by atoms with Crippen LogP contribution in [0.25, 0.3) is 11.4 Å². The zero-order valence-corrected chi connectivity index (χ0v) is 18.9. The van der Waals surface area contributed by atoms with E-state index in [0.717, 1.165) is 56.4 Å². The van der Waals surface area contributed by atoms with E-state index in [1.165, 1.54) is 24.2 Å². The van der Waals surface area contributed by atoms with Gasteiger partial charge < -0.3 is 10.2 Å². The molecule has 8 heteroatoms. The van der Waals surface area contributed by atoms with Crippen LogP contribution in [0.4, 0.5) is 11.4 Å². The zero-order chi connectivity index (χ0) is 23.5. The molecule has 3 aromatic rings. The van der Waals surface area contributed by atoms with Crippen molar-refractivity contribution in [3.05, 3.63) is 81.7 Å². The van der Waals surface area contributed by atoms with Crippen LogP contribution in [-0.4, -0.2) is 33.9 Å². The van der Waals surface area contributed by atoms with E-state index in [-0.39, 0.29) is 29.2 Å². The molecule has 0 radical (unpaired) electrons. The molecule has 2 heterocycles. The number of fused-ring (bicyclic) bond motifs is 1. The van der Waals surface area contributed by atoms with Gasteiger partial charge in [0.2, 0.25) is 0 Å². The number of nitro benzene ring substituents is 1. The second-order valence-electron chi connectivity index (χ2n) is 8.89. The highest BCUT2D eigenvalue weighted by Gasteiger charge is 2.24. The van der Waals surface area contributed by atoms with E-state index in [1.807, 2.05) is 12.1 Å². The number of aryl methyl sites for hydroxylation is 1. The smallest absolute Gasteiger partial charge is 0.280 e. The lowest BCUT2D eigenvalue weighted by Gasteiger charge is -2.29. The van der Waals surface area contributed by atoms with Crippen LogP contribution >= 0.6 is 0 Å². The average Bonchev–Trinajstić information content (AvgIpc) is 2.89. The van der Waals surface area contributed by atoms with Gasteiger partial charge in [0, 0.05) is 31.0 Å². The summed E-state index contributed by atoms with van der Waals surface area (Å²) in [5.74, 6) is -0.123. The lowest BCUT2D eigenvalue weighted by atomic mass is 9.87. The highest BCUT2D eigenvalue weighted by molar-refractivity contribution is 5.93. The first kappa shape index (κ1) is 22.0. The molecular weight excluding hydrogens is 430 g/mol. The Morgan fingerprint density at radius 3 is 2.71 bits per heavy atom. The van der Waals surface area contributed by atoms with Gasteiger partial charge in [0.05, 0.1) is 16.5 Å². The summed E-state index contributed by atoms with van der Waals surface area (Å²) in [6.07, 6.45) is 7.77.